The molecule has 0 bridgehead atoms. The van der Waals surface area contributed by atoms with Crippen LogP contribution in [-0.2, 0) is 21.4 Å². The summed E-state index contributed by atoms with van der Waals surface area (Å²) < 4.78 is 29.9. The zero-order chi connectivity index (χ0) is 17.0. The average molecular weight is 357 g/mol. The molecule has 1 amide bonds. The highest BCUT2D eigenvalue weighted by molar-refractivity contribution is 7.88. The van der Waals surface area contributed by atoms with E-state index in [0.717, 1.165) is 16.1 Å². The minimum atomic E-state index is -3.56. The quantitative estimate of drug-likeness (QED) is 0.862. The lowest BCUT2D eigenvalue weighted by molar-refractivity contribution is -0.116. The number of carbonyl (C=O) groups excluding carboxylic acids is 1. The zero-order valence-corrected chi connectivity index (χ0v) is 14.3. The summed E-state index contributed by atoms with van der Waals surface area (Å²) in [6.07, 6.45) is 2.50. The SMILES string of the molecule is Cc1ccc(Cl)cc1NC(=O)CN(Cc1ccco1)S(C)(=O)=O. The second kappa shape index (κ2) is 7.16. The van der Waals surface area contributed by atoms with Crippen molar-refractivity contribution in [3.05, 3.63) is 52.9 Å². The Morgan fingerprint density at radius 1 is 1.35 bits per heavy atom. The van der Waals surface area contributed by atoms with E-state index in [-0.39, 0.29) is 13.1 Å². The van der Waals surface area contributed by atoms with Gasteiger partial charge in [-0.25, -0.2) is 8.42 Å². The van der Waals surface area contributed by atoms with Gasteiger partial charge in [-0.3, -0.25) is 4.79 Å². The Labute approximate surface area is 140 Å². The predicted molar refractivity (Wildman–Crippen MR) is 88.8 cm³/mol. The molecule has 0 radical (unpaired) electrons. The number of rotatable bonds is 6. The maximum atomic E-state index is 12.2. The van der Waals surface area contributed by atoms with Crippen LogP contribution >= 0.6 is 11.6 Å². The number of aryl methyl sites for hydroxylation is 1. The van der Waals surface area contributed by atoms with Gasteiger partial charge in [0.15, 0.2) is 0 Å². The van der Waals surface area contributed by atoms with E-state index in [4.69, 9.17) is 16.0 Å². The highest BCUT2D eigenvalue weighted by Crippen LogP contribution is 2.20. The monoisotopic (exact) mass is 356 g/mol. The minimum absolute atomic E-state index is 0.00617. The maximum absolute atomic E-state index is 12.2. The molecule has 0 aliphatic rings. The summed E-state index contributed by atoms with van der Waals surface area (Å²) in [5.74, 6) is 0.00880. The van der Waals surface area contributed by atoms with Gasteiger partial charge in [-0.1, -0.05) is 17.7 Å². The van der Waals surface area contributed by atoms with Crippen LogP contribution in [0.25, 0.3) is 0 Å². The fraction of sp³-hybridized carbons (Fsp3) is 0.267. The first kappa shape index (κ1) is 17.5. The van der Waals surface area contributed by atoms with E-state index in [0.29, 0.717) is 16.5 Å². The molecule has 0 unspecified atom stereocenters. The summed E-state index contributed by atoms with van der Waals surface area (Å²) in [5, 5.41) is 3.16. The number of amides is 1. The van der Waals surface area contributed by atoms with Crippen LogP contribution in [0.3, 0.4) is 0 Å². The third-order valence-corrected chi connectivity index (χ3v) is 4.61. The number of anilines is 1. The summed E-state index contributed by atoms with van der Waals surface area (Å²) in [7, 11) is -3.56. The lowest BCUT2D eigenvalue weighted by Crippen LogP contribution is -2.36. The Hall–Kier alpha value is -1.83. The van der Waals surface area contributed by atoms with Crippen molar-refractivity contribution in [2.45, 2.75) is 13.5 Å². The molecule has 1 aromatic carbocycles. The Kier molecular flexibility index (Phi) is 5.46. The molecule has 6 nitrogen and oxygen atoms in total. The van der Waals surface area contributed by atoms with Crippen molar-refractivity contribution in [3.63, 3.8) is 0 Å². The van der Waals surface area contributed by atoms with Gasteiger partial charge < -0.3 is 9.73 Å². The summed E-state index contributed by atoms with van der Waals surface area (Å²) in [6.45, 7) is 1.50. The van der Waals surface area contributed by atoms with Crippen molar-refractivity contribution >= 4 is 33.2 Å². The second-order valence-electron chi connectivity index (χ2n) is 5.12. The normalized spacial score (nSPS) is 11.7. The molecular weight excluding hydrogens is 340 g/mol. The number of furan rings is 1. The van der Waals surface area contributed by atoms with Crippen molar-refractivity contribution < 1.29 is 17.6 Å². The highest BCUT2D eigenvalue weighted by atomic mass is 35.5. The van der Waals surface area contributed by atoms with Crippen LogP contribution in [0.15, 0.2) is 41.0 Å². The molecule has 1 N–H and O–H groups in total. The van der Waals surface area contributed by atoms with Gasteiger partial charge in [-0.15, -0.1) is 0 Å². The first-order valence-corrected chi connectivity index (χ1v) is 9.02. The van der Waals surface area contributed by atoms with Gasteiger partial charge in [0.2, 0.25) is 15.9 Å². The van der Waals surface area contributed by atoms with E-state index in [1.54, 1.807) is 30.3 Å². The molecule has 2 rings (SSSR count). The molecule has 0 aliphatic carbocycles. The van der Waals surface area contributed by atoms with Crippen LogP contribution in [0.5, 0.6) is 0 Å². The molecule has 1 aromatic heterocycles. The van der Waals surface area contributed by atoms with Crippen molar-refractivity contribution in [1.82, 2.24) is 4.31 Å². The topological polar surface area (TPSA) is 79.6 Å². The summed E-state index contributed by atoms with van der Waals surface area (Å²) in [4.78, 5) is 12.2. The first-order valence-electron chi connectivity index (χ1n) is 6.79. The Morgan fingerprint density at radius 3 is 2.70 bits per heavy atom. The summed E-state index contributed by atoms with van der Waals surface area (Å²) in [6, 6.07) is 8.41. The molecule has 0 fully saturated rings. The lowest BCUT2D eigenvalue weighted by Gasteiger charge is -2.18. The first-order chi connectivity index (χ1) is 10.8. The van der Waals surface area contributed by atoms with Crippen LogP contribution in [0, 0.1) is 6.92 Å². The zero-order valence-electron chi connectivity index (χ0n) is 12.7. The molecule has 8 heteroatoms. The Morgan fingerprint density at radius 2 is 2.09 bits per heavy atom. The van der Waals surface area contributed by atoms with Crippen LogP contribution in [0.4, 0.5) is 5.69 Å². The number of hydrogen-bond acceptors (Lipinski definition) is 4. The van der Waals surface area contributed by atoms with Crippen LogP contribution in [0.1, 0.15) is 11.3 Å². The van der Waals surface area contributed by atoms with Crippen molar-refractivity contribution in [1.29, 1.82) is 0 Å². The van der Waals surface area contributed by atoms with E-state index in [1.165, 1.54) is 6.26 Å². The number of sulfonamides is 1. The minimum Gasteiger partial charge on any atom is -0.468 e. The molecule has 2 aromatic rings. The highest BCUT2D eigenvalue weighted by Gasteiger charge is 2.22. The number of nitrogens with zero attached hydrogens (tertiary/aromatic N) is 1. The smallest absolute Gasteiger partial charge is 0.239 e. The van der Waals surface area contributed by atoms with E-state index >= 15 is 0 Å². The van der Waals surface area contributed by atoms with Gasteiger partial charge in [0.05, 0.1) is 25.6 Å². The second-order valence-corrected chi connectivity index (χ2v) is 7.54. The van der Waals surface area contributed by atoms with Crippen molar-refractivity contribution in [2.75, 3.05) is 18.1 Å². The van der Waals surface area contributed by atoms with E-state index in [2.05, 4.69) is 5.32 Å². The van der Waals surface area contributed by atoms with Crippen molar-refractivity contribution in [3.8, 4) is 0 Å². The maximum Gasteiger partial charge on any atom is 0.239 e. The lowest BCUT2D eigenvalue weighted by atomic mass is 10.2. The van der Waals surface area contributed by atoms with E-state index < -0.39 is 15.9 Å². The average Bonchev–Trinajstić information content (AvgIpc) is 2.94. The number of nitrogens with one attached hydrogen (secondary N) is 1. The predicted octanol–water partition coefficient (Wildman–Crippen LogP) is 2.64. The Balaban J connectivity index is 2.10. The summed E-state index contributed by atoms with van der Waals surface area (Å²) >= 11 is 5.90. The van der Waals surface area contributed by atoms with Gasteiger partial charge in [0.25, 0.3) is 0 Å². The fourth-order valence-electron chi connectivity index (χ4n) is 1.95. The number of benzene rings is 1. The van der Waals surface area contributed by atoms with E-state index in [1.807, 2.05) is 6.92 Å². The summed E-state index contributed by atoms with van der Waals surface area (Å²) in [5.41, 5.74) is 1.38. The largest absolute Gasteiger partial charge is 0.468 e. The van der Waals surface area contributed by atoms with Crippen LogP contribution < -0.4 is 5.32 Å². The molecule has 0 aliphatic heterocycles. The molecule has 124 valence electrons. The van der Waals surface area contributed by atoms with Crippen LogP contribution in [0.2, 0.25) is 5.02 Å². The van der Waals surface area contributed by atoms with Gasteiger partial charge in [-0.2, -0.15) is 4.31 Å². The van der Waals surface area contributed by atoms with Crippen LogP contribution in [-0.4, -0.2) is 31.4 Å². The molecule has 0 spiro atoms. The van der Waals surface area contributed by atoms with Gasteiger partial charge in [-0.05, 0) is 36.8 Å². The molecule has 0 atom stereocenters. The van der Waals surface area contributed by atoms with Gasteiger partial charge in [0.1, 0.15) is 5.76 Å². The standard InChI is InChI=1S/C15H17ClN2O4S/c1-11-5-6-12(16)8-14(11)17-15(19)10-18(23(2,20)21)9-13-4-3-7-22-13/h3-8H,9-10H2,1-2H3,(H,17,19). The number of halogens is 1. The number of hydrogen-bond donors (Lipinski definition) is 1. The van der Waals surface area contributed by atoms with E-state index in [9.17, 15) is 13.2 Å². The van der Waals surface area contributed by atoms with Crippen molar-refractivity contribution in [2.24, 2.45) is 0 Å². The molecule has 0 saturated heterocycles. The van der Waals surface area contributed by atoms with Gasteiger partial charge >= 0.3 is 0 Å². The number of carbonyl (C=O) groups is 1. The molecule has 23 heavy (non-hydrogen) atoms. The fourth-order valence-corrected chi connectivity index (χ4v) is 2.83. The molecule has 0 saturated carbocycles. The van der Waals surface area contributed by atoms with Gasteiger partial charge in [0, 0.05) is 10.7 Å². The Bertz CT molecular complexity index is 788. The molecular formula is C15H17ClN2O4S. The molecule has 1 heterocycles. The third-order valence-electron chi connectivity index (χ3n) is 3.17. The third kappa shape index (κ3) is 5.09.